The van der Waals surface area contributed by atoms with Crippen LogP contribution in [0, 0.1) is 5.92 Å². The first-order valence-electron chi connectivity index (χ1n) is 9.75. The molecule has 0 spiro atoms. The van der Waals surface area contributed by atoms with Crippen LogP contribution >= 0.6 is 0 Å². The first-order chi connectivity index (χ1) is 13.9. The lowest BCUT2D eigenvalue weighted by Gasteiger charge is -2.30. The van der Waals surface area contributed by atoms with Crippen LogP contribution in [-0.4, -0.2) is 42.3 Å². The van der Waals surface area contributed by atoms with Crippen molar-refractivity contribution in [3.63, 3.8) is 0 Å². The monoisotopic (exact) mass is 394 g/mol. The van der Waals surface area contributed by atoms with Crippen LogP contribution in [0.5, 0.6) is 0 Å². The van der Waals surface area contributed by atoms with Gasteiger partial charge in [-0.15, -0.1) is 0 Å². The fraction of sp³-hybridized carbons (Fsp3) is 0.318. The van der Waals surface area contributed by atoms with E-state index in [1.54, 1.807) is 36.4 Å². The van der Waals surface area contributed by atoms with E-state index >= 15 is 0 Å². The minimum atomic E-state index is -0.552. The maximum absolute atomic E-state index is 12.7. The number of benzene rings is 2. The van der Waals surface area contributed by atoms with Crippen molar-refractivity contribution in [3.8, 4) is 0 Å². The molecule has 1 aliphatic heterocycles. The number of hydrogen-bond donors (Lipinski definition) is 3. The first kappa shape index (κ1) is 20.4. The highest BCUT2D eigenvalue weighted by molar-refractivity contribution is 5.98. The van der Waals surface area contributed by atoms with Crippen LogP contribution in [0.2, 0.25) is 0 Å². The Bertz CT molecular complexity index is 904. The molecule has 0 atom stereocenters. The number of carbonyl (C=O) groups excluding carboxylic acids is 3. The zero-order chi connectivity index (χ0) is 20.8. The topological polar surface area (TPSA) is 105 Å². The van der Waals surface area contributed by atoms with Crippen LogP contribution in [0.4, 0.5) is 11.4 Å². The Kier molecular flexibility index (Phi) is 6.49. The second-order valence-corrected chi connectivity index (χ2v) is 7.40. The standard InChI is InChI=1S/C22H26N4O3/c1-15-8-10-26(11-9-15)22(29)17-5-3-6-18(13-17)24-14-20(27)25-19-7-2-4-16(12-19)21(23)28/h2-7,12-13,15,24H,8-11,14H2,1H3,(H2,23,28)(H,25,27). The van der Waals surface area contributed by atoms with E-state index in [1.165, 1.54) is 6.07 Å². The Hall–Kier alpha value is -3.35. The second kappa shape index (κ2) is 9.23. The molecule has 152 valence electrons. The predicted molar refractivity (Wildman–Crippen MR) is 113 cm³/mol. The van der Waals surface area contributed by atoms with E-state index < -0.39 is 5.91 Å². The molecule has 1 saturated heterocycles. The third-order valence-corrected chi connectivity index (χ3v) is 5.06. The molecule has 0 radical (unpaired) electrons. The highest BCUT2D eigenvalue weighted by Gasteiger charge is 2.21. The van der Waals surface area contributed by atoms with E-state index in [2.05, 4.69) is 17.6 Å². The lowest BCUT2D eigenvalue weighted by molar-refractivity contribution is -0.114. The average molecular weight is 394 g/mol. The largest absolute Gasteiger partial charge is 0.376 e. The van der Waals surface area contributed by atoms with E-state index in [-0.39, 0.29) is 18.4 Å². The summed E-state index contributed by atoms with van der Waals surface area (Å²) < 4.78 is 0. The van der Waals surface area contributed by atoms with Gasteiger partial charge in [0.25, 0.3) is 5.91 Å². The zero-order valence-electron chi connectivity index (χ0n) is 16.5. The number of nitrogens with two attached hydrogens (primary N) is 1. The predicted octanol–water partition coefficient (Wildman–Crippen LogP) is 2.71. The van der Waals surface area contributed by atoms with Gasteiger partial charge in [-0.1, -0.05) is 19.1 Å². The van der Waals surface area contributed by atoms with E-state index in [9.17, 15) is 14.4 Å². The summed E-state index contributed by atoms with van der Waals surface area (Å²) in [5, 5.41) is 5.75. The van der Waals surface area contributed by atoms with Gasteiger partial charge in [0.2, 0.25) is 11.8 Å². The summed E-state index contributed by atoms with van der Waals surface area (Å²) in [6.45, 7) is 3.80. The number of carbonyl (C=O) groups is 3. The summed E-state index contributed by atoms with van der Waals surface area (Å²) in [5.41, 5.74) is 7.38. The molecule has 1 aliphatic rings. The van der Waals surface area contributed by atoms with Gasteiger partial charge in [-0.05, 0) is 55.2 Å². The van der Waals surface area contributed by atoms with E-state index in [4.69, 9.17) is 5.73 Å². The second-order valence-electron chi connectivity index (χ2n) is 7.40. The minimum absolute atomic E-state index is 0.0215. The van der Waals surface area contributed by atoms with Crippen LogP contribution < -0.4 is 16.4 Å². The minimum Gasteiger partial charge on any atom is -0.376 e. The molecule has 3 rings (SSSR count). The number of nitrogens with one attached hydrogen (secondary N) is 2. The molecule has 2 aromatic carbocycles. The molecule has 7 nitrogen and oxygen atoms in total. The number of hydrogen-bond acceptors (Lipinski definition) is 4. The molecular formula is C22H26N4O3. The van der Waals surface area contributed by atoms with Crippen LogP contribution in [0.1, 0.15) is 40.5 Å². The van der Waals surface area contributed by atoms with Crippen molar-refractivity contribution < 1.29 is 14.4 Å². The van der Waals surface area contributed by atoms with Gasteiger partial charge in [-0.2, -0.15) is 0 Å². The maximum Gasteiger partial charge on any atom is 0.253 e. The van der Waals surface area contributed by atoms with Crippen molar-refractivity contribution in [1.29, 1.82) is 0 Å². The van der Waals surface area contributed by atoms with Gasteiger partial charge in [0.05, 0.1) is 6.54 Å². The zero-order valence-corrected chi connectivity index (χ0v) is 16.5. The van der Waals surface area contributed by atoms with Gasteiger partial charge in [0.1, 0.15) is 0 Å². The maximum atomic E-state index is 12.7. The summed E-state index contributed by atoms with van der Waals surface area (Å²) in [5.74, 6) is -0.139. The Balaban J connectivity index is 1.56. The number of anilines is 2. The fourth-order valence-electron chi connectivity index (χ4n) is 3.29. The number of likely N-dealkylation sites (tertiary alicyclic amines) is 1. The lowest BCUT2D eigenvalue weighted by atomic mass is 9.98. The van der Waals surface area contributed by atoms with Crippen LogP contribution in [0.15, 0.2) is 48.5 Å². The van der Waals surface area contributed by atoms with Crippen LogP contribution in [-0.2, 0) is 4.79 Å². The molecule has 3 amide bonds. The van der Waals surface area contributed by atoms with Crippen molar-refractivity contribution in [3.05, 3.63) is 59.7 Å². The van der Waals surface area contributed by atoms with Gasteiger partial charge < -0.3 is 21.3 Å². The van der Waals surface area contributed by atoms with E-state index in [0.717, 1.165) is 25.9 Å². The fourth-order valence-corrected chi connectivity index (χ4v) is 3.29. The van der Waals surface area contributed by atoms with E-state index in [0.29, 0.717) is 28.4 Å². The molecule has 0 aromatic heterocycles. The van der Waals surface area contributed by atoms with Gasteiger partial charge >= 0.3 is 0 Å². The number of primary amides is 1. The molecule has 1 fully saturated rings. The molecule has 0 unspecified atom stereocenters. The summed E-state index contributed by atoms with van der Waals surface area (Å²) in [7, 11) is 0. The third kappa shape index (κ3) is 5.57. The highest BCUT2D eigenvalue weighted by atomic mass is 16.2. The summed E-state index contributed by atoms with van der Waals surface area (Å²) >= 11 is 0. The number of amides is 3. The number of piperidine rings is 1. The van der Waals surface area contributed by atoms with Crippen molar-refractivity contribution in [2.24, 2.45) is 11.7 Å². The van der Waals surface area contributed by atoms with Crippen molar-refractivity contribution in [2.75, 3.05) is 30.3 Å². The number of rotatable bonds is 6. The molecule has 0 bridgehead atoms. The lowest BCUT2D eigenvalue weighted by Crippen LogP contribution is -2.37. The highest BCUT2D eigenvalue weighted by Crippen LogP contribution is 2.19. The Morgan fingerprint density at radius 2 is 1.62 bits per heavy atom. The quantitative estimate of drug-likeness (QED) is 0.701. The van der Waals surface area contributed by atoms with Gasteiger partial charge in [0.15, 0.2) is 0 Å². The Morgan fingerprint density at radius 1 is 1.00 bits per heavy atom. The van der Waals surface area contributed by atoms with Crippen molar-refractivity contribution >= 4 is 29.1 Å². The SMILES string of the molecule is CC1CCN(C(=O)c2cccc(NCC(=O)Nc3cccc(C(N)=O)c3)c2)CC1. The van der Waals surface area contributed by atoms with Crippen molar-refractivity contribution in [2.45, 2.75) is 19.8 Å². The third-order valence-electron chi connectivity index (χ3n) is 5.06. The molecular weight excluding hydrogens is 368 g/mol. The average Bonchev–Trinajstić information content (AvgIpc) is 2.73. The molecule has 0 aliphatic carbocycles. The first-order valence-corrected chi connectivity index (χ1v) is 9.75. The molecule has 2 aromatic rings. The Labute approximate surface area is 170 Å². The molecule has 4 N–H and O–H groups in total. The van der Waals surface area contributed by atoms with Gasteiger partial charge in [-0.25, -0.2) is 0 Å². The molecule has 7 heteroatoms. The van der Waals surface area contributed by atoms with Crippen LogP contribution in [0.3, 0.4) is 0 Å². The summed E-state index contributed by atoms with van der Waals surface area (Å²) in [6.07, 6.45) is 2.06. The van der Waals surface area contributed by atoms with Gasteiger partial charge in [0, 0.05) is 35.6 Å². The normalized spacial score (nSPS) is 14.3. The summed E-state index contributed by atoms with van der Waals surface area (Å²) in [6, 6.07) is 13.6. The molecule has 0 saturated carbocycles. The summed E-state index contributed by atoms with van der Waals surface area (Å²) in [4.78, 5) is 38.0. The number of nitrogens with zero attached hydrogens (tertiary/aromatic N) is 1. The molecule has 29 heavy (non-hydrogen) atoms. The Morgan fingerprint density at radius 3 is 2.31 bits per heavy atom. The van der Waals surface area contributed by atoms with Gasteiger partial charge in [-0.3, -0.25) is 14.4 Å². The van der Waals surface area contributed by atoms with Crippen LogP contribution in [0.25, 0.3) is 0 Å². The molecule has 1 heterocycles. The van der Waals surface area contributed by atoms with E-state index in [1.807, 2.05) is 11.0 Å². The smallest absolute Gasteiger partial charge is 0.253 e. The van der Waals surface area contributed by atoms with Crippen molar-refractivity contribution in [1.82, 2.24) is 4.90 Å².